The van der Waals surface area contributed by atoms with E-state index in [4.69, 9.17) is 14.5 Å². The number of carbonyl (C=O) groups excluding carboxylic acids is 1. The number of benzene rings is 2. The van der Waals surface area contributed by atoms with Crippen molar-refractivity contribution in [1.82, 2.24) is 9.88 Å². The molecule has 1 aliphatic rings. The highest BCUT2D eigenvalue weighted by Crippen LogP contribution is 2.40. The van der Waals surface area contributed by atoms with Crippen molar-refractivity contribution < 1.29 is 14.3 Å². The predicted molar refractivity (Wildman–Crippen MR) is 123 cm³/mol. The number of hydrogen-bond acceptors (Lipinski definition) is 6. The number of nitrogens with zero attached hydrogens (tertiary/aromatic N) is 3. The molecule has 0 saturated carbocycles. The number of methoxy groups -OCH3 is 2. The fraction of sp³-hybridized carbons (Fsp3) is 0.333. The Morgan fingerprint density at radius 3 is 2.71 bits per heavy atom. The van der Waals surface area contributed by atoms with Crippen molar-refractivity contribution in [2.24, 2.45) is 0 Å². The van der Waals surface area contributed by atoms with Gasteiger partial charge >= 0.3 is 0 Å². The molecule has 1 fully saturated rings. The predicted octanol–water partition coefficient (Wildman–Crippen LogP) is 5.18. The lowest BCUT2D eigenvalue weighted by Crippen LogP contribution is -2.24. The average molecular weight is 438 g/mol. The second kappa shape index (κ2) is 9.49. The summed E-state index contributed by atoms with van der Waals surface area (Å²) < 4.78 is 11.1. The Morgan fingerprint density at radius 1 is 1.19 bits per heavy atom. The first-order valence-corrected chi connectivity index (χ1v) is 11.2. The minimum absolute atomic E-state index is 0.0488. The van der Waals surface area contributed by atoms with Gasteiger partial charge in [0.15, 0.2) is 5.13 Å². The molecular formula is C24H27N3O3S. The second-order valence-corrected chi connectivity index (χ2v) is 8.38. The van der Waals surface area contributed by atoms with Crippen LogP contribution < -0.4 is 14.4 Å². The number of para-hydroxylation sites is 1. The molecule has 0 radical (unpaired) electrons. The number of aromatic nitrogens is 1. The number of ether oxygens (including phenoxy) is 2. The standard InChI is InChI=1S/C24H27N3O3S/c1-17(28)27(19-8-5-4-6-9-19)24-25-18(16-31-24)15-26-13-7-10-22(26)21-14-20(29-2)11-12-23(21)30-3/h4-6,8-9,11-12,14,16,22H,7,10,13,15H2,1-3H3/t22-/m0/s1. The molecule has 0 spiro atoms. The number of hydrogen-bond donors (Lipinski definition) is 0. The van der Waals surface area contributed by atoms with Crippen LogP contribution in [-0.4, -0.2) is 36.6 Å². The fourth-order valence-corrected chi connectivity index (χ4v) is 5.03. The third-order valence-electron chi connectivity index (χ3n) is 5.58. The molecule has 0 aliphatic carbocycles. The van der Waals surface area contributed by atoms with E-state index in [-0.39, 0.29) is 11.9 Å². The molecule has 2 heterocycles. The van der Waals surface area contributed by atoms with Gasteiger partial charge in [-0.25, -0.2) is 4.98 Å². The summed E-state index contributed by atoms with van der Waals surface area (Å²) in [5, 5.41) is 2.75. The Kier molecular flexibility index (Phi) is 6.53. The van der Waals surface area contributed by atoms with Crippen molar-refractivity contribution in [2.45, 2.75) is 32.4 Å². The molecule has 0 bridgehead atoms. The van der Waals surface area contributed by atoms with Crippen LogP contribution >= 0.6 is 11.3 Å². The van der Waals surface area contributed by atoms with Gasteiger partial charge in [-0.15, -0.1) is 11.3 Å². The summed E-state index contributed by atoms with van der Waals surface area (Å²) >= 11 is 1.50. The van der Waals surface area contributed by atoms with Crippen LogP contribution in [0.3, 0.4) is 0 Å². The van der Waals surface area contributed by atoms with Crippen molar-refractivity contribution in [2.75, 3.05) is 25.7 Å². The van der Waals surface area contributed by atoms with Crippen LogP contribution in [0.15, 0.2) is 53.9 Å². The van der Waals surface area contributed by atoms with E-state index in [9.17, 15) is 4.79 Å². The number of thiazole rings is 1. The number of rotatable bonds is 7. The average Bonchev–Trinajstić information content (AvgIpc) is 3.44. The lowest BCUT2D eigenvalue weighted by molar-refractivity contribution is -0.115. The van der Waals surface area contributed by atoms with Gasteiger partial charge < -0.3 is 9.47 Å². The summed E-state index contributed by atoms with van der Waals surface area (Å²) in [5.74, 6) is 1.66. The van der Waals surface area contributed by atoms with Crippen LogP contribution in [0.5, 0.6) is 11.5 Å². The highest BCUT2D eigenvalue weighted by atomic mass is 32.1. The number of likely N-dealkylation sites (tertiary alicyclic amines) is 1. The molecule has 4 rings (SSSR count). The maximum Gasteiger partial charge on any atom is 0.230 e. The van der Waals surface area contributed by atoms with Crippen molar-refractivity contribution in [3.05, 3.63) is 65.2 Å². The Bertz CT molecular complexity index is 1040. The zero-order valence-electron chi connectivity index (χ0n) is 18.1. The topological polar surface area (TPSA) is 54.9 Å². The smallest absolute Gasteiger partial charge is 0.230 e. The summed E-state index contributed by atoms with van der Waals surface area (Å²) in [4.78, 5) is 21.2. The first-order valence-electron chi connectivity index (χ1n) is 10.4. The largest absolute Gasteiger partial charge is 0.497 e. The Hall–Kier alpha value is -2.90. The SMILES string of the molecule is COc1ccc(OC)c([C@@H]2CCCN2Cc2csc(N(C(C)=O)c3ccccc3)n2)c1. The maximum atomic E-state index is 12.3. The molecule has 1 amide bonds. The van der Waals surface area contributed by atoms with Crippen LogP contribution in [0.4, 0.5) is 10.8 Å². The lowest BCUT2D eigenvalue weighted by Gasteiger charge is -2.26. The summed E-state index contributed by atoms with van der Waals surface area (Å²) in [7, 11) is 3.39. The van der Waals surface area contributed by atoms with Gasteiger partial charge in [-0.3, -0.25) is 14.6 Å². The molecule has 31 heavy (non-hydrogen) atoms. The Balaban J connectivity index is 1.56. The summed E-state index contributed by atoms with van der Waals surface area (Å²) in [6.07, 6.45) is 2.18. The van der Waals surface area contributed by atoms with Crippen molar-refractivity contribution in [3.63, 3.8) is 0 Å². The number of carbonyl (C=O) groups is 1. The van der Waals surface area contributed by atoms with E-state index in [0.717, 1.165) is 54.4 Å². The van der Waals surface area contributed by atoms with Crippen LogP contribution in [0.2, 0.25) is 0 Å². The van der Waals surface area contributed by atoms with Gasteiger partial charge in [0, 0.05) is 30.5 Å². The molecule has 1 saturated heterocycles. The summed E-state index contributed by atoms with van der Waals surface area (Å²) in [5.41, 5.74) is 2.94. The first kappa shape index (κ1) is 21.3. The van der Waals surface area contributed by atoms with E-state index >= 15 is 0 Å². The first-order chi connectivity index (χ1) is 15.1. The minimum Gasteiger partial charge on any atom is -0.497 e. The van der Waals surface area contributed by atoms with Gasteiger partial charge in [-0.05, 0) is 49.7 Å². The summed E-state index contributed by atoms with van der Waals surface area (Å²) in [6, 6.07) is 15.9. The molecule has 0 unspecified atom stereocenters. The van der Waals surface area contributed by atoms with Crippen LogP contribution in [0.1, 0.15) is 37.1 Å². The van der Waals surface area contributed by atoms with Gasteiger partial charge in [0.2, 0.25) is 5.91 Å². The third kappa shape index (κ3) is 4.57. The van der Waals surface area contributed by atoms with Gasteiger partial charge in [0.25, 0.3) is 0 Å². The van der Waals surface area contributed by atoms with E-state index in [1.165, 1.54) is 11.3 Å². The number of amides is 1. The van der Waals surface area contributed by atoms with E-state index in [1.54, 1.807) is 26.0 Å². The van der Waals surface area contributed by atoms with Crippen LogP contribution in [0.25, 0.3) is 0 Å². The normalized spacial score (nSPS) is 16.3. The molecule has 7 heteroatoms. The highest BCUT2D eigenvalue weighted by Gasteiger charge is 2.29. The molecule has 1 atom stereocenters. The second-order valence-electron chi connectivity index (χ2n) is 7.55. The van der Waals surface area contributed by atoms with Gasteiger partial charge in [-0.1, -0.05) is 18.2 Å². The molecular weight excluding hydrogens is 410 g/mol. The molecule has 1 aliphatic heterocycles. The van der Waals surface area contributed by atoms with Crippen molar-refractivity contribution in [3.8, 4) is 11.5 Å². The van der Waals surface area contributed by atoms with E-state index in [1.807, 2.05) is 47.8 Å². The van der Waals surface area contributed by atoms with Crippen LogP contribution in [-0.2, 0) is 11.3 Å². The van der Waals surface area contributed by atoms with Gasteiger partial charge in [-0.2, -0.15) is 0 Å². The quantitative estimate of drug-likeness (QED) is 0.510. The van der Waals surface area contributed by atoms with Gasteiger partial charge in [0.05, 0.1) is 25.6 Å². The molecule has 1 aromatic heterocycles. The minimum atomic E-state index is -0.0488. The third-order valence-corrected chi connectivity index (χ3v) is 6.46. The van der Waals surface area contributed by atoms with E-state index in [2.05, 4.69) is 11.0 Å². The fourth-order valence-electron chi connectivity index (χ4n) is 4.15. The molecule has 0 N–H and O–H groups in total. The zero-order chi connectivity index (χ0) is 21.8. The highest BCUT2D eigenvalue weighted by molar-refractivity contribution is 7.14. The van der Waals surface area contributed by atoms with Crippen molar-refractivity contribution >= 4 is 28.1 Å². The van der Waals surface area contributed by atoms with E-state index in [0.29, 0.717) is 5.13 Å². The number of anilines is 2. The molecule has 162 valence electrons. The van der Waals surface area contributed by atoms with Crippen LogP contribution in [0, 0.1) is 0 Å². The van der Waals surface area contributed by atoms with E-state index < -0.39 is 0 Å². The van der Waals surface area contributed by atoms with Crippen molar-refractivity contribution in [1.29, 1.82) is 0 Å². The Labute approximate surface area is 187 Å². The molecule has 3 aromatic rings. The lowest BCUT2D eigenvalue weighted by atomic mass is 10.0. The maximum absolute atomic E-state index is 12.3. The molecule has 2 aromatic carbocycles. The monoisotopic (exact) mass is 437 g/mol. The summed E-state index contributed by atoms with van der Waals surface area (Å²) in [6.45, 7) is 3.29. The molecule has 6 nitrogen and oxygen atoms in total. The van der Waals surface area contributed by atoms with Gasteiger partial charge in [0.1, 0.15) is 11.5 Å². The zero-order valence-corrected chi connectivity index (χ0v) is 18.9. The Morgan fingerprint density at radius 2 is 2.00 bits per heavy atom.